The van der Waals surface area contributed by atoms with Crippen molar-refractivity contribution in [2.75, 3.05) is 0 Å². The van der Waals surface area contributed by atoms with E-state index >= 15 is 0 Å². The number of hydrogen-bond acceptors (Lipinski definition) is 5. The molecule has 0 saturated heterocycles. The van der Waals surface area contributed by atoms with Gasteiger partial charge in [0.2, 0.25) is 5.12 Å². The third-order valence-corrected chi connectivity index (χ3v) is 12.5. The van der Waals surface area contributed by atoms with Crippen molar-refractivity contribution in [3.8, 4) is 5.69 Å². The fourth-order valence-corrected chi connectivity index (χ4v) is 10.6. The Hall–Kier alpha value is -2.45. The molecule has 4 saturated carbocycles. The first-order valence-corrected chi connectivity index (χ1v) is 16.2. The summed E-state index contributed by atoms with van der Waals surface area (Å²) in [6.07, 6.45) is 12.5. The fraction of sp³-hybridized carbons (Fsp3) is 0.618. The number of aliphatic hydroxyl groups is 1. The van der Waals surface area contributed by atoms with E-state index < -0.39 is 17.1 Å². The van der Waals surface area contributed by atoms with Crippen LogP contribution in [0.15, 0.2) is 36.0 Å². The van der Waals surface area contributed by atoms with Gasteiger partial charge in [0, 0.05) is 11.8 Å². The Bertz CT molecular complexity index is 1450. The summed E-state index contributed by atoms with van der Waals surface area (Å²) in [4.78, 5) is 26.5. The average molecular weight is 593 g/mol. The summed E-state index contributed by atoms with van der Waals surface area (Å²) in [5.41, 5.74) is 2.08. The maximum Gasteiger partial charge on any atom is 0.307 e. The molecule has 5 aliphatic rings. The summed E-state index contributed by atoms with van der Waals surface area (Å²) in [7, 11) is 0. The Labute approximate surface area is 252 Å². The zero-order valence-electron chi connectivity index (χ0n) is 24.5. The zero-order valence-corrected chi connectivity index (χ0v) is 25.4. The van der Waals surface area contributed by atoms with Gasteiger partial charge in [0.25, 0.3) is 0 Å². The molecule has 0 radical (unpaired) electrons. The Balaban J connectivity index is 1.18. The first-order valence-electron chi connectivity index (χ1n) is 15.7. The molecule has 5 aliphatic carbocycles. The summed E-state index contributed by atoms with van der Waals surface area (Å²) in [5, 5.41) is 16.3. The number of aliphatic hydroxyl groups excluding tert-OH is 1. The molecular weight excluding hydrogens is 551 g/mol. The molecule has 1 aromatic carbocycles. The van der Waals surface area contributed by atoms with Crippen LogP contribution in [0.25, 0.3) is 11.8 Å². The fourth-order valence-electron chi connectivity index (χ4n) is 10.2. The molecule has 1 N–H and O–H groups in total. The number of hydrogen-bond donors (Lipinski definition) is 2. The van der Waals surface area contributed by atoms with Gasteiger partial charge in [-0.25, -0.2) is 9.07 Å². The third kappa shape index (κ3) is 4.10. The van der Waals surface area contributed by atoms with Gasteiger partial charge in [0.05, 0.1) is 23.7 Å². The third-order valence-electron chi connectivity index (χ3n) is 12.2. The van der Waals surface area contributed by atoms with Crippen LogP contribution in [0.4, 0.5) is 4.39 Å². The van der Waals surface area contributed by atoms with Crippen molar-refractivity contribution >= 4 is 29.8 Å². The lowest BCUT2D eigenvalue weighted by Gasteiger charge is -2.60. The maximum atomic E-state index is 13.6. The number of benzene rings is 1. The highest BCUT2D eigenvalue weighted by Gasteiger charge is 2.70. The topological polar surface area (TPSA) is 81.4 Å². The minimum Gasteiger partial charge on any atom is -0.449 e. The molecule has 0 amide bonds. The highest BCUT2D eigenvalue weighted by Crippen LogP contribution is 2.68. The molecule has 7 rings (SSSR count). The number of aromatic nitrogens is 2. The van der Waals surface area contributed by atoms with Crippen LogP contribution >= 0.6 is 12.6 Å². The molecule has 2 aromatic rings. The van der Waals surface area contributed by atoms with Gasteiger partial charge in [0.15, 0.2) is 5.60 Å². The second-order valence-electron chi connectivity index (χ2n) is 14.2. The maximum absolute atomic E-state index is 13.6. The molecule has 1 aromatic heterocycles. The summed E-state index contributed by atoms with van der Waals surface area (Å²) >= 11 is 4.34. The van der Waals surface area contributed by atoms with E-state index in [0.29, 0.717) is 25.2 Å². The van der Waals surface area contributed by atoms with Crippen LogP contribution in [-0.2, 0) is 20.7 Å². The number of carbonyl (C=O) groups excluding carboxylic acids is 2. The number of esters is 1. The van der Waals surface area contributed by atoms with Gasteiger partial charge in [0.1, 0.15) is 5.82 Å². The first-order chi connectivity index (χ1) is 20.1. The molecule has 6 nitrogen and oxygen atoms in total. The van der Waals surface area contributed by atoms with Gasteiger partial charge in [-0.3, -0.25) is 9.59 Å². The molecule has 0 aliphatic heterocycles. The van der Waals surface area contributed by atoms with Crippen molar-refractivity contribution in [2.45, 2.75) is 96.2 Å². The molecule has 4 fully saturated rings. The normalized spacial score (nSPS) is 37.3. The summed E-state index contributed by atoms with van der Waals surface area (Å²) < 4.78 is 21.7. The summed E-state index contributed by atoms with van der Waals surface area (Å²) in [6.45, 7) is 4.35. The lowest BCUT2D eigenvalue weighted by molar-refractivity contribution is -0.197. The Morgan fingerprint density at radius 2 is 1.88 bits per heavy atom. The van der Waals surface area contributed by atoms with Crippen molar-refractivity contribution in [1.29, 1.82) is 0 Å². The quantitative estimate of drug-likeness (QED) is 0.307. The highest BCUT2D eigenvalue weighted by atomic mass is 32.1. The lowest BCUT2D eigenvalue weighted by Crippen LogP contribution is -2.62. The second-order valence-corrected chi connectivity index (χ2v) is 14.6. The molecular formula is C34H41FN2O4S. The van der Waals surface area contributed by atoms with Crippen molar-refractivity contribution in [1.82, 2.24) is 9.78 Å². The van der Waals surface area contributed by atoms with Crippen molar-refractivity contribution in [3.05, 3.63) is 53.1 Å². The SMILES string of the molecule is C[C@]12Cc3cnn(-c4ccc(F)cc4)c3C=C1CC[C@@H]1[C@@H]2[C@@H](O)C[C@@]2(C)[C@H]1CC[C@]2(OC(=O)CC1CCCC1)C(=O)S. The Morgan fingerprint density at radius 1 is 1.14 bits per heavy atom. The number of ether oxygens (including phenoxy) is 1. The standard InChI is InChI=1S/C34H41FN2O4S/c1-32-17-21-19-36-37(24-10-8-23(35)9-11-24)27(21)16-22(32)7-12-25-26-13-14-34(31(40)42,33(26,2)18-28(38)30(25)32)41-29(39)15-20-5-3-4-6-20/h8-11,16,19-20,25-26,28,30,38H,3-7,12-15,17-18H2,1-2H3,(H,40,42)/t25-,26-,28-,30+,32-,33-,34-/m0/s1. The van der Waals surface area contributed by atoms with Crippen molar-refractivity contribution < 1.29 is 23.8 Å². The number of thiol groups is 1. The number of fused-ring (bicyclic) bond motifs is 6. The molecule has 7 atom stereocenters. The van der Waals surface area contributed by atoms with Gasteiger partial charge >= 0.3 is 5.97 Å². The number of allylic oxidation sites excluding steroid dienone is 1. The smallest absolute Gasteiger partial charge is 0.307 e. The predicted octanol–water partition coefficient (Wildman–Crippen LogP) is 6.48. The molecule has 0 spiro atoms. The highest BCUT2D eigenvalue weighted by molar-refractivity contribution is 7.96. The number of nitrogens with zero attached hydrogens (tertiary/aromatic N) is 2. The predicted molar refractivity (Wildman–Crippen MR) is 160 cm³/mol. The zero-order chi connectivity index (χ0) is 29.4. The average Bonchev–Trinajstić information content (AvgIpc) is 3.66. The molecule has 0 bridgehead atoms. The van der Waals surface area contributed by atoms with E-state index in [-0.39, 0.29) is 40.1 Å². The molecule has 42 heavy (non-hydrogen) atoms. The van der Waals surface area contributed by atoms with Crippen LogP contribution in [-0.4, -0.2) is 37.7 Å². The number of halogens is 1. The first kappa shape index (κ1) is 28.3. The summed E-state index contributed by atoms with van der Waals surface area (Å²) in [5.74, 6) is 0.157. The number of rotatable bonds is 5. The molecule has 0 unspecified atom stereocenters. The van der Waals surface area contributed by atoms with Crippen LogP contribution in [0.1, 0.15) is 89.3 Å². The van der Waals surface area contributed by atoms with Crippen molar-refractivity contribution in [2.24, 2.45) is 34.5 Å². The van der Waals surface area contributed by atoms with E-state index in [1.807, 2.05) is 10.9 Å². The minimum atomic E-state index is -1.30. The molecule has 8 heteroatoms. The van der Waals surface area contributed by atoms with E-state index in [4.69, 9.17) is 4.74 Å². The van der Waals surface area contributed by atoms with Crippen molar-refractivity contribution in [3.63, 3.8) is 0 Å². The summed E-state index contributed by atoms with van der Waals surface area (Å²) in [6, 6.07) is 6.39. The molecule has 224 valence electrons. The van der Waals surface area contributed by atoms with E-state index in [0.717, 1.165) is 68.3 Å². The molecule has 1 heterocycles. The van der Waals surface area contributed by atoms with Gasteiger partial charge in [-0.15, -0.1) is 12.6 Å². The number of carbonyl (C=O) groups is 2. The minimum absolute atomic E-state index is 0.0258. The van der Waals surface area contributed by atoms with Crippen LogP contribution in [0.3, 0.4) is 0 Å². The van der Waals surface area contributed by atoms with Crippen LogP contribution in [0.2, 0.25) is 0 Å². The van der Waals surface area contributed by atoms with Crippen LogP contribution < -0.4 is 0 Å². The van der Waals surface area contributed by atoms with E-state index in [9.17, 15) is 19.1 Å². The van der Waals surface area contributed by atoms with E-state index in [1.54, 1.807) is 12.1 Å². The van der Waals surface area contributed by atoms with Gasteiger partial charge in [-0.2, -0.15) is 5.10 Å². The van der Waals surface area contributed by atoms with Crippen LogP contribution in [0.5, 0.6) is 0 Å². The largest absolute Gasteiger partial charge is 0.449 e. The van der Waals surface area contributed by atoms with Crippen LogP contribution in [0, 0.1) is 40.3 Å². The monoisotopic (exact) mass is 592 g/mol. The Kier molecular flexibility index (Phi) is 6.78. The van der Waals surface area contributed by atoms with Gasteiger partial charge < -0.3 is 9.84 Å². The van der Waals surface area contributed by atoms with E-state index in [2.05, 4.69) is 37.7 Å². The lowest BCUT2D eigenvalue weighted by atomic mass is 9.45. The van der Waals surface area contributed by atoms with Gasteiger partial charge in [-0.05, 0) is 116 Å². The Morgan fingerprint density at radius 3 is 2.60 bits per heavy atom. The second kappa shape index (κ2) is 10.0. The van der Waals surface area contributed by atoms with E-state index in [1.165, 1.54) is 17.7 Å². The van der Waals surface area contributed by atoms with Gasteiger partial charge in [-0.1, -0.05) is 32.3 Å².